The van der Waals surface area contributed by atoms with Crippen LogP contribution in [0.4, 0.5) is 0 Å². The first-order valence-corrected chi connectivity index (χ1v) is 6.58. The lowest BCUT2D eigenvalue weighted by Crippen LogP contribution is -2.14. The van der Waals surface area contributed by atoms with Crippen molar-refractivity contribution in [3.05, 3.63) is 11.6 Å². The number of ketones is 1. The average Bonchev–Trinajstić information content (AvgIpc) is 2.31. The Balaban J connectivity index is 1.82. The van der Waals surface area contributed by atoms with E-state index >= 15 is 0 Å². The molecule has 2 rings (SSSR count). The Morgan fingerprint density at radius 2 is 1.93 bits per heavy atom. The van der Waals surface area contributed by atoms with Gasteiger partial charge in [0, 0.05) is 6.42 Å². The van der Waals surface area contributed by atoms with Gasteiger partial charge in [-0.25, -0.2) is 0 Å². The standard InChI is InChI=1S/C14H22O/c15-14(13-9-5-2-6-10-13)11-12-7-3-1-4-8-12/h9,12H,1-8,10-11H2. The van der Waals surface area contributed by atoms with Crippen LogP contribution in [0.15, 0.2) is 11.6 Å². The zero-order valence-electron chi connectivity index (χ0n) is 9.63. The highest BCUT2D eigenvalue weighted by Gasteiger charge is 2.19. The molecule has 1 fully saturated rings. The number of carbonyl (C=O) groups is 1. The SMILES string of the molecule is O=C(CC1CCCCC1)C1=CCCCC1. The van der Waals surface area contributed by atoms with Crippen molar-refractivity contribution in [3.8, 4) is 0 Å². The Bertz CT molecular complexity index is 246. The summed E-state index contributed by atoms with van der Waals surface area (Å²) in [6.45, 7) is 0. The molecule has 0 N–H and O–H groups in total. The van der Waals surface area contributed by atoms with Crippen molar-refractivity contribution in [1.29, 1.82) is 0 Å². The number of allylic oxidation sites excluding steroid dienone is 2. The monoisotopic (exact) mass is 206 g/mol. The third-order valence-electron chi connectivity index (χ3n) is 3.85. The Labute approximate surface area is 92.9 Å². The molecule has 0 aromatic heterocycles. The van der Waals surface area contributed by atoms with Gasteiger partial charge in [-0.05, 0) is 37.2 Å². The minimum absolute atomic E-state index is 0.460. The molecule has 0 unspecified atom stereocenters. The Kier molecular flexibility index (Phi) is 3.99. The number of rotatable bonds is 3. The molecule has 2 aliphatic carbocycles. The molecule has 0 aromatic carbocycles. The van der Waals surface area contributed by atoms with Crippen molar-refractivity contribution in [2.24, 2.45) is 5.92 Å². The van der Waals surface area contributed by atoms with Crippen molar-refractivity contribution in [2.45, 2.75) is 64.2 Å². The fraction of sp³-hybridized carbons (Fsp3) is 0.786. The van der Waals surface area contributed by atoms with Crippen molar-refractivity contribution < 1.29 is 4.79 Å². The summed E-state index contributed by atoms with van der Waals surface area (Å²) in [6, 6.07) is 0. The summed E-state index contributed by atoms with van der Waals surface area (Å²) in [5, 5.41) is 0. The van der Waals surface area contributed by atoms with Gasteiger partial charge < -0.3 is 0 Å². The number of hydrogen-bond acceptors (Lipinski definition) is 1. The molecule has 15 heavy (non-hydrogen) atoms. The van der Waals surface area contributed by atoms with Gasteiger partial charge in [0.25, 0.3) is 0 Å². The van der Waals surface area contributed by atoms with Crippen LogP contribution in [0.5, 0.6) is 0 Å². The Morgan fingerprint density at radius 3 is 2.60 bits per heavy atom. The zero-order valence-corrected chi connectivity index (χ0v) is 9.63. The molecule has 0 saturated heterocycles. The molecule has 0 heterocycles. The highest BCUT2D eigenvalue weighted by atomic mass is 16.1. The van der Waals surface area contributed by atoms with Crippen LogP contribution < -0.4 is 0 Å². The fourth-order valence-corrected chi connectivity index (χ4v) is 2.88. The molecule has 0 aliphatic heterocycles. The number of carbonyl (C=O) groups excluding carboxylic acids is 1. The minimum atomic E-state index is 0.460. The number of Topliss-reactive ketones (excluding diaryl/α,β-unsaturated/α-hetero) is 1. The van der Waals surface area contributed by atoms with E-state index in [1.165, 1.54) is 44.9 Å². The maximum absolute atomic E-state index is 12.0. The van der Waals surface area contributed by atoms with Gasteiger partial charge in [0.15, 0.2) is 5.78 Å². The van der Waals surface area contributed by atoms with Crippen LogP contribution in [0.3, 0.4) is 0 Å². The van der Waals surface area contributed by atoms with Crippen LogP contribution in [-0.4, -0.2) is 5.78 Å². The Hall–Kier alpha value is -0.590. The summed E-state index contributed by atoms with van der Waals surface area (Å²) in [5.41, 5.74) is 1.15. The second-order valence-corrected chi connectivity index (χ2v) is 5.11. The van der Waals surface area contributed by atoms with Gasteiger partial charge in [0.2, 0.25) is 0 Å². The summed E-state index contributed by atoms with van der Waals surface area (Å²) < 4.78 is 0. The lowest BCUT2D eigenvalue weighted by molar-refractivity contribution is -0.116. The molecular formula is C14H22O. The first-order chi connectivity index (χ1) is 7.36. The molecule has 0 aromatic rings. The molecule has 0 spiro atoms. The molecule has 1 saturated carbocycles. The van der Waals surface area contributed by atoms with Gasteiger partial charge in [-0.3, -0.25) is 4.79 Å². The van der Waals surface area contributed by atoms with Crippen LogP contribution in [-0.2, 0) is 4.79 Å². The van der Waals surface area contributed by atoms with Crippen LogP contribution in [0.25, 0.3) is 0 Å². The minimum Gasteiger partial charge on any atom is -0.295 e. The van der Waals surface area contributed by atoms with Crippen molar-refractivity contribution in [1.82, 2.24) is 0 Å². The maximum atomic E-state index is 12.0. The van der Waals surface area contributed by atoms with Crippen LogP contribution >= 0.6 is 0 Å². The summed E-state index contributed by atoms with van der Waals surface area (Å²) in [4.78, 5) is 12.0. The van der Waals surface area contributed by atoms with E-state index in [0.717, 1.165) is 24.8 Å². The summed E-state index contributed by atoms with van der Waals surface area (Å²) in [6.07, 6.45) is 14.4. The second-order valence-electron chi connectivity index (χ2n) is 5.11. The van der Waals surface area contributed by atoms with Gasteiger partial charge >= 0.3 is 0 Å². The van der Waals surface area contributed by atoms with E-state index < -0.39 is 0 Å². The summed E-state index contributed by atoms with van der Waals surface area (Å²) in [7, 11) is 0. The third kappa shape index (κ3) is 3.19. The van der Waals surface area contributed by atoms with Gasteiger partial charge in [0.1, 0.15) is 0 Å². The molecule has 1 heteroatoms. The normalized spacial score (nSPS) is 23.6. The fourth-order valence-electron chi connectivity index (χ4n) is 2.88. The quantitative estimate of drug-likeness (QED) is 0.681. The van der Waals surface area contributed by atoms with Crippen molar-refractivity contribution in [2.75, 3.05) is 0 Å². The van der Waals surface area contributed by atoms with Crippen molar-refractivity contribution >= 4 is 5.78 Å². The van der Waals surface area contributed by atoms with Crippen molar-refractivity contribution in [3.63, 3.8) is 0 Å². The van der Waals surface area contributed by atoms with E-state index in [0.29, 0.717) is 11.7 Å². The highest BCUT2D eigenvalue weighted by molar-refractivity contribution is 5.95. The topological polar surface area (TPSA) is 17.1 Å². The molecule has 0 amide bonds. The molecule has 1 nitrogen and oxygen atoms in total. The average molecular weight is 206 g/mol. The van der Waals surface area contributed by atoms with Gasteiger partial charge in [-0.2, -0.15) is 0 Å². The molecule has 84 valence electrons. The van der Waals surface area contributed by atoms with E-state index in [-0.39, 0.29) is 0 Å². The molecule has 2 aliphatic rings. The van der Waals surface area contributed by atoms with E-state index in [1.807, 2.05) is 0 Å². The lowest BCUT2D eigenvalue weighted by atomic mass is 9.83. The van der Waals surface area contributed by atoms with E-state index in [1.54, 1.807) is 0 Å². The van der Waals surface area contributed by atoms with Gasteiger partial charge in [-0.1, -0.05) is 38.2 Å². The Morgan fingerprint density at radius 1 is 1.13 bits per heavy atom. The molecule has 0 bridgehead atoms. The largest absolute Gasteiger partial charge is 0.295 e. The van der Waals surface area contributed by atoms with Gasteiger partial charge in [0.05, 0.1) is 0 Å². The first kappa shape index (κ1) is 10.9. The summed E-state index contributed by atoms with van der Waals surface area (Å²) in [5.74, 6) is 1.16. The van der Waals surface area contributed by atoms with Gasteiger partial charge in [-0.15, -0.1) is 0 Å². The van der Waals surface area contributed by atoms with Crippen LogP contribution in [0.2, 0.25) is 0 Å². The third-order valence-corrected chi connectivity index (χ3v) is 3.85. The van der Waals surface area contributed by atoms with E-state index in [9.17, 15) is 4.79 Å². The predicted octanol–water partition coefficient (Wildman–Crippen LogP) is 4.03. The molecule has 0 atom stereocenters. The van der Waals surface area contributed by atoms with Crippen LogP contribution in [0.1, 0.15) is 64.2 Å². The van der Waals surface area contributed by atoms with E-state index in [2.05, 4.69) is 6.08 Å². The highest BCUT2D eigenvalue weighted by Crippen LogP contribution is 2.29. The maximum Gasteiger partial charge on any atom is 0.158 e. The zero-order chi connectivity index (χ0) is 10.5. The number of hydrogen-bond donors (Lipinski definition) is 0. The molecule has 0 radical (unpaired) electrons. The smallest absolute Gasteiger partial charge is 0.158 e. The molecular weight excluding hydrogens is 184 g/mol. The summed E-state index contributed by atoms with van der Waals surface area (Å²) >= 11 is 0. The predicted molar refractivity (Wildman–Crippen MR) is 62.8 cm³/mol. The van der Waals surface area contributed by atoms with Crippen LogP contribution in [0, 0.1) is 5.92 Å². The first-order valence-electron chi connectivity index (χ1n) is 6.58. The second kappa shape index (κ2) is 5.48. The van der Waals surface area contributed by atoms with E-state index in [4.69, 9.17) is 0 Å². The lowest BCUT2D eigenvalue weighted by Gasteiger charge is -2.21.